The predicted molar refractivity (Wildman–Crippen MR) is 89.9 cm³/mol. The van der Waals surface area contributed by atoms with Gasteiger partial charge in [-0.1, -0.05) is 37.3 Å². The van der Waals surface area contributed by atoms with Crippen LogP contribution in [0.1, 0.15) is 35.2 Å². The largest absolute Gasteiger partial charge is 0.323 e. The van der Waals surface area contributed by atoms with E-state index in [1.165, 1.54) is 16.7 Å². The summed E-state index contributed by atoms with van der Waals surface area (Å²) in [5.41, 5.74) is 10.9. The van der Waals surface area contributed by atoms with Crippen LogP contribution in [-0.2, 0) is 17.2 Å². The maximum absolute atomic E-state index is 12.4. The van der Waals surface area contributed by atoms with Crippen LogP contribution in [0.2, 0.25) is 0 Å². The molecule has 2 aromatic rings. The van der Waals surface area contributed by atoms with Crippen molar-refractivity contribution >= 4 is 10.8 Å². The molecule has 0 bridgehead atoms. The van der Waals surface area contributed by atoms with Crippen LogP contribution in [0.15, 0.2) is 47.4 Å². The van der Waals surface area contributed by atoms with Crippen LogP contribution in [0, 0.1) is 13.8 Å². The molecule has 0 spiro atoms. The molecule has 0 amide bonds. The van der Waals surface area contributed by atoms with Crippen LogP contribution in [0.3, 0.4) is 0 Å². The van der Waals surface area contributed by atoms with E-state index in [9.17, 15) is 4.21 Å². The number of nitrogens with two attached hydrogens (primary N) is 1. The zero-order chi connectivity index (χ0) is 15.4. The van der Waals surface area contributed by atoms with Crippen molar-refractivity contribution in [2.24, 2.45) is 5.73 Å². The number of aryl methyl sites for hydroxylation is 3. The van der Waals surface area contributed by atoms with Crippen molar-refractivity contribution in [3.05, 3.63) is 64.7 Å². The first-order chi connectivity index (χ1) is 10.0. The highest BCUT2D eigenvalue weighted by Crippen LogP contribution is 2.18. The van der Waals surface area contributed by atoms with Gasteiger partial charge in [-0.05, 0) is 54.7 Å². The summed E-state index contributed by atoms with van der Waals surface area (Å²) < 4.78 is 12.4. The third-order valence-electron chi connectivity index (χ3n) is 3.89. The zero-order valence-corrected chi connectivity index (χ0v) is 13.7. The fourth-order valence-electron chi connectivity index (χ4n) is 2.21. The van der Waals surface area contributed by atoms with Crippen LogP contribution in [0.25, 0.3) is 0 Å². The second-order valence-corrected chi connectivity index (χ2v) is 6.96. The van der Waals surface area contributed by atoms with Crippen LogP contribution in [0.5, 0.6) is 0 Å². The number of rotatable bonds is 5. The first-order valence-electron chi connectivity index (χ1n) is 7.31. The van der Waals surface area contributed by atoms with E-state index in [-0.39, 0.29) is 6.04 Å². The summed E-state index contributed by atoms with van der Waals surface area (Å²) >= 11 is 0. The normalized spacial score (nSPS) is 13.9. The minimum atomic E-state index is -1.06. The Labute approximate surface area is 129 Å². The molecule has 0 aliphatic carbocycles. The molecular weight excluding hydrogens is 278 g/mol. The van der Waals surface area contributed by atoms with Gasteiger partial charge in [0.1, 0.15) is 0 Å². The van der Waals surface area contributed by atoms with E-state index >= 15 is 0 Å². The highest BCUT2D eigenvalue weighted by atomic mass is 32.2. The van der Waals surface area contributed by atoms with Gasteiger partial charge in [0.2, 0.25) is 0 Å². The van der Waals surface area contributed by atoms with Crippen molar-refractivity contribution < 1.29 is 4.21 Å². The first kappa shape index (κ1) is 15.9. The Balaban J connectivity index is 2.08. The molecule has 0 saturated carbocycles. The minimum absolute atomic E-state index is 0.196. The molecule has 0 heterocycles. The average Bonchev–Trinajstić information content (AvgIpc) is 2.50. The van der Waals surface area contributed by atoms with Crippen molar-refractivity contribution in [2.75, 3.05) is 5.75 Å². The van der Waals surface area contributed by atoms with Gasteiger partial charge in [0, 0.05) is 16.7 Å². The standard InChI is InChI=1S/C18H23NOS/c1-4-15-6-8-16(9-7-15)18(19)12-21(20)17-10-5-13(2)14(3)11-17/h5-11,18H,4,12,19H2,1-3H3. The van der Waals surface area contributed by atoms with E-state index in [4.69, 9.17) is 5.73 Å². The molecule has 2 unspecified atom stereocenters. The summed E-state index contributed by atoms with van der Waals surface area (Å²) in [6, 6.07) is 14.0. The Morgan fingerprint density at radius 1 is 1.05 bits per heavy atom. The molecule has 3 heteroatoms. The molecule has 0 aliphatic rings. The Hall–Kier alpha value is -1.45. The lowest BCUT2D eigenvalue weighted by Gasteiger charge is -2.13. The van der Waals surface area contributed by atoms with Crippen LogP contribution >= 0.6 is 0 Å². The summed E-state index contributed by atoms with van der Waals surface area (Å²) in [5, 5.41) is 0. The minimum Gasteiger partial charge on any atom is -0.323 e. The molecule has 0 aliphatic heterocycles. The van der Waals surface area contributed by atoms with Gasteiger partial charge in [0.15, 0.2) is 0 Å². The number of hydrogen-bond donors (Lipinski definition) is 1. The topological polar surface area (TPSA) is 43.1 Å². The molecule has 0 aromatic heterocycles. The molecule has 112 valence electrons. The van der Waals surface area contributed by atoms with Crippen molar-refractivity contribution in [3.63, 3.8) is 0 Å². The van der Waals surface area contributed by atoms with Gasteiger partial charge in [0.05, 0.1) is 10.8 Å². The van der Waals surface area contributed by atoms with Crippen molar-refractivity contribution in [1.82, 2.24) is 0 Å². The molecule has 2 nitrogen and oxygen atoms in total. The fraction of sp³-hybridized carbons (Fsp3) is 0.333. The van der Waals surface area contributed by atoms with Gasteiger partial charge in [-0.2, -0.15) is 0 Å². The fourth-order valence-corrected chi connectivity index (χ4v) is 3.45. The smallest absolute Gasteiger partial charge is 0.0548 e. The second kappa shape index (κ2) is 7.01. The molecule has 0 radical (unpaired) electrons. The van der Waals surface area contributed by atoms with Gasteiger partial charge in [-0.25, -0.2) is 0 Å². The molecule has 21 heavy (non-hydrogen) atoms. The van der Waals surface area contributed by atoms with Gasteiger partial charge < -0.3 is 5.73 Å². The molecule has 2 rings (SSSR count). The summed E-state index contributed by atoms with van der Waals surface area (Å²) in [5.74, 6) is 0.452. The molecule has 0 fully saturated rings. The number of benzene rings is 2. The van der Waals surface area contributed by atoms with E-state index < -0.39 is 10.8 Å². The summed E-state index contributed by atoms with van der Waals surface area (Å²) in [6.45, 7) is 6.23. The monoisotopic (exact) mass is 301 g/mol. The maximum Gasteiger partial charge on any atom is 0.0548 e. The average molecular weight is 301 g/mol. The highest BCUT2D eigenvalue weighted by Gasteiger charge is 2.12. The Morgan fingerprint density at radius 2 is 1.71 bits per heavy atom. The third-order valence-corrected chi connectivity index (χ3v) is 5.33. The Morgan fingerprint density at radius 3 is 2.29 bits per heavy atom. The maximum atomic E-state index is 12.4. The van der Waals surface area contributed by atoms with Crippen LogP contribution in [0.4, 0.5) is 0 Å². The van der Waals surface area contributed by atoms with Crippen molar-refractivity contribution in [3.8, 4) is 0 Å². The van der Waals surface area contributed by atoms with Crippen molar-refractivity contribution in [2.45, 2.75) is 38.1 Å². The van der Waals surface area contributed by atoms with Gasteiger partial charge in [-0.15, -0.1) is 0 Å². The van der Waals surface area contributed by atoms with Gasteiger partial charge in [-0.3, -0.25) is 4.21 Å². The Bertz CT molecular complexity index is 634. The zero-order valence-electron chi connectivity index (χ0n) is 12.9. The van der Waals surface area contributed by atoms with E-state index in [2.05, 4.69) is 26.0 Å². The second-order valence-electron chi connectivity index (χ2n) is 5.46. The van der Waals surface area contributed by atoms with Crippen molar-refractivity contribution in [1.29, 1.82) is 0 Å². The molecule has 2 aromatic carbocycles. The summed E-state index contributed by atoms with van der Waals surface area (Å²) in [4.78, 5) is 0.860. The van der Waals surface area contributed by atoms with E-state index in [1.807, 2.05) is 37.3 Å². The lowest BCUT2D eigenvalue weighted by molar-refractivity contribution is 0.675. The van der Waals surface area contributed by atoms with Gasteiger partial charge >= 0.3 is 0 Å². The van der Waals surface area contributed by atoms with Crippen LogP contribution in [-0.4, -0.2) is 9.96 Å². The van der Waals surface area contributed by atoms with E-state index in [1.54, 1.807) is 0 Å². The van der Waals surface area contributed by atoms with E-state index in [0.29, 0.717) is 5.75 Å². The van der Waals surface area contributed by atoms with Gasteiger partial charge in [0.25, 0.3) is 0 Å². The summed E-state index contributed by atoms with van der Waals surface area (Å²) in [6.07, 6.45) is 1.02. The molecule has 2 N–H and O–H groups in total. The third kappa shape index (κ3) is 4.02. The lowest BCUT2D eigenvalue weighted by Crippen LogP contribution is -2.18. The number of hydrogen-bond acceptors (Lipinski definition) is 2. The highest BCUT2D eigenvalue weighted by molar-refractivity contribution is 7.85. The SMILES string of the molecule is CCc1ccc(C(N)CS(=O)c2ccc(C)c(C)c2)cc1. The first-order valence-corrected chi connectivity index (χ1v) is 8.63. The summed E-state index contributed by atoms with van der Waals surface area (Å²) in [7, 11) is -1.06. The molecule has 0 saturated heterocycles. The lowest BCUT2D eigenvalue weighted by atomic mass is 10.1. The van der Waals surface area contributed by atoms with Crippen LogP contribution < -0.4 is 5.73 Å². The molecule has 2 atom stereocenters. The predicted octanol–water partition coefficient (Wildman–Crippen LogP) is 3.67. The Kier molecular flexibility index (Phi) is 5.32. The quantitative estimate of drug-likeness (QED) is 0.915. The van der Waals surface area contributed by atoms with E-state index in [0.717, 1.165) is 16.9 Å². The molecular formula is C18H23NOS.